The summed E-state index contributed by atoms with van der Waals surface area (Å²) in [5, 5.41) is 24.2. The minimum absolute atomic E-state index is 0.0750. The smallest absolute Gasteiger partial charge is 0.322 e. The summed E-state index contributed by atoms with van der Waals surface area (Å²) >= 11 is 0. The third kappa shape index (κ3) is 7.09. The zero-order valence-corrected chi connectivity index (χ0v) is 22.8. The van der Waals surface area contributed by atoms with E-state index in [4.69, 9.17) is 4.74 Å². The first-order chi connectivity index (χ1) is 18.9. The Balaban J connectivity index is 1.41. The number of hydrogen-bond donors (Lipinski definition) is 4. The van der Waals surface area contributed by atoms with Crippen molar-refractivity contribution in [2.24, 2.45) is 5.92 Å². The van der Waals surface area contributed by atoms with Gasteiger partial charge in [0.25, 0.3) is 0 Å². The second kappa shape index (κ2) is 13.2. The van der Waals surface area contributed by atoms with E-state index < -0.39 is 18.1 Å². The van der Waals surface area contributed by atoms with Crippen LogP contribution in [0.5, 0.6) is 0 Å². The van der Waals surface area contributed by atoms with Crippen molar-refractivity contribution in [3.05, 3.63) is 66.0 Å². The summed E-state index contributed by atoms with van der Waals surface area (Å²) in [6.45, 7) is 6.40. The van der Waals surface area contributed by atoms with E-state index in [9.17, 15) is 9.90 Å². The zero-order chi connectivity index (χ0) is 27.8. The number of nitrogens with one attached hydrogen (secondary N) is 3. The van der Waals surface area contributed by atoms with Gasteiger partial charge in [0.2, 0.25) is 11.9 Å². The Morgan fingerprint density at radius 2 is 1.92 bits per heavy atom. The number of pyridine rings is 1. The van der Waals surface area contributed by atoms with Crippen LogP contribution in [0, 0.1) is 5.92 Å². The van der Waals surface area contributed by atoms with Gasteiger partial charge in [0, 0.05) is 30.4 Å². The predicted octanol–water partition coefficient (Wildman–Crippen LogP) is 1.84. The number of ether oxygens (including phenoxy) is 1. The molecule has 0 saturated heterocycles. The summed E-state index contributed by atoms with van der Waals surface area (Å²) in [6.07, 6.45) is 3.39. The van der Waals surface area contributed by atoms with Crippen molar-refractivity contribution in [2.45, 2.75) is 45.9 Å². The van der Waals surface area contributed by atoms with E-state index in [1.807, 2.05) is 63.2 Å². The Labute approximate surface area is 228 Å². The summed E-state index contributed by atoms with van der Waals surface area (Å²) in [7, 11) is 1.71. The van der Waals surface area contributed by atoms with Crippen LogP contribution >= 0.6 is 0 Å². The summed E-state index contributed by atoms with van der Waals surface area (Å²) in [4.78, 5) is 25.8. The van der Waals surface area contributed by atoms with Crippen LogP contribution in [-0.4, -0.2) is 68.9 Å². The molecule has 0 radical (unpaired) electrons. The number of fused-ring (bicyclic) bond motifs is 1. The summed E-state index contributed by atoms with van der Waals surface area (Å²) in [5.41, 5.74) is 4.69. The number of esters is 1. The molecule has 2 atom stereocenters. The first kappa shape index (κ1) is 28.0. The second-order valence-electron chi connectivity index (χ2n) is 9.57. The Kier molecular flexibility index (Phi) is 9.45. The largest absolute Gasteiger partial charge is 0.462 e. The Morgan fingerprint density at radius 1 is 1.13 bits per heavy atom. The zero-order valence-electron chi connectivity index (χ0n) is 22.8. The van der Waals surface area contributed by atoms with Crippen molar-refractivity contribution in [1.29, 1.82) is 0 Å². The van der Waals surface area contributed by atoms with E-state index in [-0.39, 0.29) is 19.1 Å². The number of aliphatic hydroxyl groups is 1. The van der Waals surface area contributed by atoms with Gasteiger partial charge in [0.15, 0.2) is 13.6 Å². The van der Waals surface area contributed by atoms with Crippen molar-refractivity contribution < 1.29 is 14.6 Å². The number of carbonyl (C=O) groups is 1. The molecular weight excluding hydrogens is 495 g/mol. The number of aromatic nitrogens is 5. The van der Waals surface area contributed by atoms with Gasteiger partial charge in [-0.05, 0) is 30.0 Å². The lowest BCUT2D eigenvalue weighted by Gasteiger charge is -2.20. The standard InChI is InChI=1S/C27H35BN8O3/c1-4-19-14-32-36-24(19)33-26(30-15-21(37)16-39-25(38)23(35-28)17(2)3)34-27(36)31-13-18-8-10-20(11-9-18)22-7-5-6-12-29-22/h5-12,14,17,21,23,35,37H,4,13,15-16,28H2,1-3H3,(H2,30,31,33,34)/t21-,23-/m1/s1. The molecule has 204 valence electrons. The number of anilines is 2. The van der Waals surface area contributed by atoms with Crippen molar-refractivity contribution in [2.75, 3.05) is 23.8 Å². The fraction of sp³-hybridized carbons (Fsp3) is 0.370. The summed E-state index contributed by atoms with van der Waals surface area (Å²) in [5.74, 6) is 0.540. The minimum Gasteiger partial charge on any atom is -0.462 e. The molecule has 0 aliphatic carbocycles. The van der Waals surface area contributed by atoms with E-state index >= 15 is 0 Å². The second-order valence-corrected chi connectivity index (χ2v) is 9.57. The van der Waals surface area contributed by atoms with E-state index in [1.54, 1.807) is 24.9 Å². The lowest BCUT2D eigenvalue weighted by molar-refractivity contribution is -0.149. The normalized spacial score (nSPS) is 12.8. The third-order valence-corrected chi connectivity index (χ3v) is 6.33. The van der Waals surface area contributed by atoms with Gasteiger partial charge in [-0.2, -0.15) is 19.6 Å². The van der Waals surface area contributed by atoms with Gasteiger partial charge >= 0.3 is 5.97 Å². The first-order valence-corrected chi connectivity index (χ1v) is 13.1. The SMILES string of the molecule is BN[C@@H](C(=O)OC[C@H](O)CNc1nc(NCc2ccc(-c3ccccn3)cc2)n2ncc(CC)c2n1)C(C)C. The van der Waals surface area contributed by atoms with Crippen LogP contribution in [0.15, 0.2) is 54.9 Å². The number of rotatable bonds is 13. The number of aryl methyl sites for hydroxylation is 1. The molecule has 0 aliphatic rings. The van der Waals surface area contributed by atoms with E-state index in [0.717, 1.165) is 28.8 Å². The molecule has 0 aliphatic heterocycles. The van der Waals surface area contributed by atoms with Gasteiger partial charge in [0.05, 0.1) is 17.9 Å². The molecule has 3 heterocycles. The van der Waals surface area contributed by atoms with E-state index in [0.29, 0.717) is 24.1 Å². The molecule has 39 heavy (non-hydrogen) atoms. The van der Waals surface area contributed by atoms with Crippen LogP contribution in [0.2, 0.25) is 0 Å². The predicted molar refractivity (Wildman–Crippen MR) is 153 cm³/mol. The van der Waals surface area contributed by atoms with Crippen molar-refractivity contribution >= 4 is 31.5 Å². The van der Waals surface area contributed by atoms with Crippen molar-refractivity contribution in [1.82, 2.24) is 29.8 Å². The topological polar surface area (TPSA) is 139 Å². The number of carbonyl (C=O) groups excluding carboxylic acids is 1. The van der Waals surface area contributed by atoms with Crippen molar-refractivity contribution in [3.8, 4) is 11.3 Å². The van der Waals surface area contributed by atoms with Crippen LogP contribution in [0.1, 0.15) is 31.9 Å². The Hall–Kier alpha value is -4.03. The van der Waals surface area contributed by atoms with Crippen LogP contribution < -0.4 is 15.9 Å². The quantitative estimate of drug-likeness (QED) is 0.150. The maximum atomic E-state index is 12.2. The molecule has 0 unspecified atom stereocenters. The molecule has 4 N–H and O–H groups in total. The Bertz CT molecular complexity index is 1360. The van der Waals surface area contributed by atoms with Gasteiger partial charge in [0.1, 0.15) is 12.7 Å². The molecule has 1 aromatic carbocycles. The molecule has 0 amide bonds. The van der Waals surface area contributed by atoms with E-state index in [2.05, 4.69) is 35.9 Å². The molecule has 0 spiro atoms. The van der Waals surface area contributed by atoms with Gasteiger partial charge in [-0.1, -0.05) is 51.1 Å². The highest BCUT2D eigenvalue weighted by Gasteiger charge is 2.22. The lowest BCUT2D eigenvalue weighted by atomic mass is 10.0. The average molecular weight is 530 g/mol. The fourth-order valence-corrected chi connectivity index (χ4v) is 4.13. The lowest BCUT2D eigenvalue weighted by Crippen LogP contribution is -2.42. The molecule has 0 fully saturated rings. The van der Waals surface area contributed by atoms with Crippen molar-refractivity contribution in [3.63, 3.8) is 0 Å². The molecule has 0 saturated carbocycles. The molecule has 4 rings (SSSR count). The van der Waals surface area contributed by atoms with Crippen LogP contribution in [-0.2, 0) is 22.5 Å². The number of benzene rings is 1. The van der Waals surface area contributed by atoms with Gasteiger partial charge in [-0.25, -0.2) is 0 Å². The number of aliphatic hydroxyl groups excluding tert-OH is 1. The molecule has 0 bridgehead atoms. The molecule has 11 nitrogen and oxygen atoms in total. The Morgan fingerprint density at radius 3 is 2.59 bits per heavy atom. The van der Waals surface area contributed by atoms with Gasteiger partial charge in [-0.3, -0.25) is 9.78 Å². The molecule has 3 aromatic heterocycles. The molecule has 12 heteroatoms. The molecule has 4 aromatic rings. The summed E-state index contributed by atoms with van der Waals surface area (Å²) < 4.78 is 6.96. The highest BCUT2D eigenvalue weighted by Crippen LogP contribution is 2.19. The fourth-order valence-electron chi connectivity index (χ4n) is 4.13. The minimum atomic E-state index is -0.928. The third-order valence-electron chi connectivity index (χ3n) is 6.33. The summed E-state index contributed by atoms with van der Waals surface area (Å²) in [6, 6.07) is 13.6. The van der Waals surface area contributed by atoms with Gasteiger partial charge < -0.3 is 25.7 Å². The van der Waals surface area contributed by atoms with Crippen LogP contribution in [0.4, 0.5) is 11.9 Å². The first-order valence-electron chi connectivity index (χ1n) is 13.1. The van der Waals surface area contributed by atoms with Gasteiger partial charge in [-0.15, -0.1) is 0 Å². The van der Waals surface area contributed by atoms with Crippen LogP contribution in [0.25, 0.3) is 16.9 Å². The van der Waals surface area contributed by atoms with E-state index in [1.165, 1.54) is 0 Å². The number of nitrogens with zero attached hydrogens (tertiary/aromatic N) is 5. The van der Waals surface area contributed by atoms with Crippen LogP contribution in [0.3, 0.4) is 0 Å². The highest BCUT2D eigenvalue weighted by molar-refractivity contribution is 6.06. The average Bonchev–Trinajstić information content (AvgIpc) is 3.38. The maximum absolute atomic E-state index is 12.2. The molecular formula is C27H35BN8O3. The monoisotopic (exact) mass is 530 g/mol. The number of hydrogen-bond acceptors (Lipinski definition) is 10. The maximum Gasteiger partial charge on any atom is 0.322 e. The highest BCUT2D eigenvalue weighted by atomic mass is 16.5.